The zero-order valence-electron chi connectivity index (χ0n) is 15.7. The van der Waals surface area contributed by atoms with Crippen molar-refractivity contribution in [1.82, 2.24) is 14.9 Å². The van der Waals surface area contributed by atoms with Crippen LogP contribution < -0.4 is 11.3 Å². The first-order chi connectivity index (χ1) is 14.2. The highest BCUT2D eigenvalue weighted by molar-refractivity contribution is 7.21. The zero-order chi connectivity index (χ0) is 19.8. The molecule has 0 spiro atoms. The molecule has 5 nitrogen and oxygen atoms in total. The van der Waals surface area contributed by atoms with E-state index in [0.29, 0.717) is 18.1 Å². The molecule has 0 unspecified atom stereocenters. The highest BCUT2D eigenvalue weighted by atomic mass is 32.1. The number of aromatic nitrogens is 2. The number of nitrogens with zero attached hydrogens (tertiary/aromatic N) is 2. The normalized spacial score (nSPS) is 14.1. The Kier molecular flexibility index (Phi) is 4.79. The van der Waals surface area contributed by atoms with Gasteiger partial charge in [0.1, 0.15) is 5.82 Å². The number of hydrogen-bond donors (Lipinski definition) is 2. The first-order valence-electron chi connectivity index (χ1n) is 9.48. The highest BCUT2D eigenvalue weighted by Gasteiger charge is 2.22. The van der Waals surface area contributed by atoms with Crippen LogP contribution >= 0.6 is 22.7 Å². The van der Waals surface area contributed by atoms with Gasteiger partial charge in [0.25, 0.3) is 5.56 Å². The van der Waals surface area contributed by atoms with Gasteiger partial charge in [-0.15, -0.1) is 22.7 Å². The third-order valence-electron chi connectivity index (χ3n) is 5.14. The number of hydrogen-bond acceptors (Lipinski definition) is 6. The Hall–Kier alpha value is -2.74. The van der Waals surface area contributed by atoms with Crippen LogP contribution in [0, 0.1) is 0 Å². The number of nitrogens with two attached hydrogens (primary N) is 1. The number of anilines is 1. The maximum Gasteiger partial charge on any atom is 0.255 e. The molecule has 0 radical (unpaired) electrons. The van der Waals surface area contributed by atoms with Gasteiger partial charge in [-0.3, -0.25) is 9.69 Å². The largest absolute Gasteiger partial charge is 0.399 e. The molecule has 5 rings (SSSR count). The quantitative estimate of drug-likeness (QED) is 0.481. The van der Waals surface area contributed by atoms with E-state index in [2.05, 4.69) is 39.5 Å². The number of rotatable bonds is 4. The number of H-pyrrole nitrogens is 1. The highest BCUT2D eigenvalue weighted by Crippen LogP contribution is 2.32. The Morgan fingerprint density at radius 3 is 2.76 bits per heavy atom. The average Bonchev–Trinajstić information content (AvgIpc) is 3.41. The molecule has 7 heteroatoms. The summed E-state index contributed by atoms with van der Waals surface area (Å²) in [5.74, 6) is 0.612. The van der Waals surface area contributed by atoms with Gasteiger partial charge in [0.15, 0.2) is 0 Å². The Morgan fingerprint density at radius 2 is 1.97 bits per heavy atom. The molecular weight excluding hydrogens is 400 g/mol. The average molecular weight is 421 g/mol. The lowest BCUT2D eigenvalue weighted by atomic mass is 10.1. The van der Waals surface area contributed by atoms with Crippen molar-refractivity contribution < 1.29 is 0 Å². The Bertz CT molecular complexity index is 1190. The van der Waals surface area contributed by atoms with E-state index >= 15 is 0 Å². The maximum absolute atomic E-state index is 12.7. The van der Waals surface area contributed by atoms with E-state index in [9.17, 15) is 4.79 Å². The smallest absolute Gasteiger partial charge is 0.255 e. The van der Waals surface area contributed by atoms with Gasteiger partial charge in [-0.05, 0) is 47.8 Å². The summed E-state index contributed by atoms with van der Waals surface area (Å²) in [7, 11) is 0. The number of nitrogen functional groups attached to an aromatic ring is 1. The van der Waals surface area contributed by atoms with Crippen LogP contribution in [-0.4, -0.2) is 21.4 Å². The molecule has 1 aliphatic rings. The topological polar surface area (TPSA) is 75.0 Å². The van der Waals surface area contributed by atoms with Crippen molar-refractivity contribution in [2.24, 2.45) is 0 Å². The first-order valence-corrected chi connectivity index (χ1v) is 11.2. The lowest BCUT2D eigenvalue weighted by Gasteiger charge is -2.27. The molecule has 0 atom stereocenters. The van der Waals surface area contributed by atoms with Crippen LogP contribution in [0.5, 0.6) is 0 Å². The molecule has 4 heterocycles. The summed E-state index contributed by atoms with van der Waals surface area (Å²) >= 11 is 3.59. The molecule has 146 valence electrons. The second-order valence-electron chi connectivity index (χ2n) is 7.17. The Labute approximate surface area is 176 Å². The molecule has 0 aliphatic carbocycles. The summed E-state index contributed by atoms with van der Waals surface area (Å²) in [4.78, 5) is 26.7. The molecular formula is C22H20N4OS2. The number of aromatic amines is 1. The molecule has 3 aromatic heterocycles. The number of thiophene rings is 2. The molecule has 1 aromatic carbocycles. The molecule has 0 saturated heterocycles. The number of fused-ring (bicyclic) bond motifs is 1. The van der Waals surface area contributed by atoms with E-state index in [0.717, 1.165) is 36.3 Å². The third-order valence-corrected chi connectivity index (χ3v) is 7.27. The molecule has 0 saturated carbocycles. The van der Waals surface area contributed by atoms with Crippen molar-refractivity contribution in [1.29, 1.82) is 0 Å². The summed E-state index contributed by atoms with van der Waals surface area (Å²) < 4.78 is 0. The van der Waals surface area contributed by atoms with Gasteiger partial charge in [-0.1, -0.05) is 6.07 Å². The van der Waals surface area contributed by atoms with Gasteiger partial charge in [-0.25, -0.2) is 4.98 Å². The van der Waals surface area contributed by atoms with Gasteiger partial charge in [0.2, 0.25) is 0 Å². The van der Waals surface area contributed by atoms with E-state index in [-0.39, 0.29) is 5.56 Å². The lowest BCUT2D eigenvalue weighted by molar-refractivity contribution is 0.244. The van der Waals surface area contributed by atoms with Crippen molar-refractivity contribution in [2.45, 2.75) is 19.5 Å². The van der Waals surface area contributed by atoms with E-state index < -0.39 is 0 Å². The van der Waals surface area contributed by atoms with Gasteiger partial charge in [0.05, 0.1) is 11.3 Å². The van der Waals surface area contributed by atoms with E-state index in [1.807, 2.05) is 35.6 Å². The number of benzene rings is 1. The molecule has 0 amide bonds. The zero-order valence-corrected chi connectivity index (χ0v) is 17.4. The Balaban J connectivity index is 1.34. The maximum atomic E-state index is 12.7. The minimum absolute atomic E-state index is 0.0445. The van der Waals surface area contributed by atoms with Crippen LogP contribution in [0.25, 0.3) is 21.1 Å². The van der Waals surface area contributed by atoms with E-state index in [1.54, 1.807) is 11.3 Å². The predicted molar refractivity (Wildman–Crippen MR) is 120 cm³/mol. The molecule has 0 bridgehead atoms. The first kappa shape index (κ1) is 18.3. The van der Waals surface area contributed by atoms with Crippen molar-refractivity contribution in [3.8, 4) is 21.1 Å². The summed E-state index contributed by atoms with van der Waals surface area (Å²) in [5.41, 5.74) is 8.97. The molecule has 29 heavy (non-hydrogen) atoms. The molecule has 0 fully saturated rings. The predicted octanol–water partition coefficient (Wildman–Crippen LogP) is 4.37. The van der Waals surface area contributed by atoms with Crippen LogP contribution in [-0.2, 0) is 19.5 Å². The summed E-state index contributed by atoms with van der Waals surface area (Å²) in [6, 6.07) is 16.0. The summed E-state index contributed by atoms with van der Waals surface area (Å²) in [6.45, 7) is 2.39. The van der Waals surface area contributed by atoms with Crippen molar-refractivity contribution in [2.75, 3.05) is 12.3 Å². The van der Waals surface area contributed by atoms with Crippen molar-refractivity contribution in [3.63, 3.8) is 0 Å². The fraction of sp³-hybridized carbons (Fsp3) is 0.182. The molecule has 1 aliphatic heterocycles. The van der Waals surface area contributed by atoms with Gasteiger partial charge < -0.3 is 10.7 Å². The minimum Gasteiger partial charge on any atom is -0.399 e. The Morgan fingerprint density at radius 1 is 1.10 bits per heavy atom. The van der Waals surface area contributed by atoms with Gasteiger partial charge >= 0.3 is 0 Å². The SMILES string of the molecule is Nc1ccc(-c2nc3c(c(=O)[nH]2)CN(Cc2ccc(-c4cccs4)s2)CC3)cc1. The molecule has 3 N–H and O–H groups in total. The second-order valence-corrected chi connectivity index (χ2v) is 9.28. The fourth-order valence-corrected chi connectivity index (χ4v) is 5.51. The van der Waals surface area contributed by atoms with Crippen LogP contribution in [0.3, 0.4) is 0 Å². The minimum atomic E-state index is -0.0445. The van der Waals surface area contributed by atoms with E-state index in [1.165, 1.54) is 14.6 Å². The summed E-state index contributed by atoms with van der Waals surface area (Å²) in [5, 5.41) is 2.11. The lowest BCUT2D eigenvalue weighted by Crippen LogP contribution is -2.35. The van der Waals surface area contributed by atoms with Crippen LogP contribution in [0.15, 0.2) is 58.7 Å². The third kappa shape index (κ3) is 3.76. The monoisotopic (exact) mass is 420 g/mol. The second kappa shape index (κ2) is 7.59. The van der Waals surface area contributed by atoms with Crippen LogP contribution in [0.2, 0.25) is 0 Å². The van der Waals surface area contributed by atoms with E-state index in [4.69, 9.17) is 10.7 Å². The standard InChI is InChI=1S/C22H20N4OS2/c23-15-5-3-14(4-6-15)21-24-18-9-10-26(13-17(18)22(27)25-21)12-16-7-8-20(29-16)19-2-1-11-28-19/h1-8,11H,9-10,12-13,23H2,(H,24,25,27). The fourth-order valence-electron chi connectivity index (χ4n) is 3.63. The van der Waals surface area contributed by atoms with Crippen LogP contribution in [0.4, 0.5) is 5.69 Å². The van der Waals surface area contributed by atoms with Crippen molar-refractivity contribution >= 4 is 28.4 Å². The molecule has 4 aromatic rings. The summed E-state index contributed by atoms with van der Waals surface area (Å²) in [6.07, 6.45) is 0.782. The van der Waals surface area contributed by atoms with Gasteiger partial charge in [0, 0.05) is 51.9 Å². The van der Waals surface area contributed by atoms with Crippen molar-refractivity contribution in [3.05, 3.63) is 80.4 Å². The van der Waals surface area contributed by atoms with Gasteiger partial charge in [-0.2, -0.15) is 0 Å². The van der Waals surface area contributed by atoms with Crippen LogP contribution in [0.1, 0.15) is 16.1 Å². The number of nitrogens with one attached hydrogen (secondary N) is 1.